The number of ether oxygens (including phenoxy) is 1. The molecule has 0 fully saturated rings. The molecule has 1 aromatic heterocycles. The smallest absolute Gasteiger partial charge is 0.368 e. The molecule has 0 saturated heterocycles. The van der Waals surface area contributed by atoms with Gasteiger partial charge in [-0.15, -0.1) is 0 Å². The molecule has 0 aliphatic heterocycles. The minimum Gasteiger partial charge on any atom is -0.489 e. The summed E-state index contributed by atoms with van der Waals surface area (Å²) in [6.07, 6.45) is -0.713. The van der Waals surface area contributed by atoms with Gasteiger partial charge in [-0.1, -0.05) is 0 Å². The first-order chi connectivity index (χ1) is 8.99. The van der Waals surface area contributed by atoms with Crippen LogP contribution in [0.2, 0.25) is 0 Å². The highest BCUT2D eigenvalue weighted by Crippen LogP contribution is 2.22. The van der Waals surface area contributed by atoms with Crippen molar-refractivity contribution in [3.63, 3.8) is 0 Å². The fourth-order valence-corrected chi connectivity index (χ4v) is 1.45. The second kappa shape index (κ2) is 5.19. The molecule has 0 aliphatic carbocycles. The molecule has 7 nitrogen and oxygen atoms in total. The zero-order valence-electron chi connectivity index (χ0n) is 10.4. The molecule has 0 spiro atoms. The Morgan fingerprint density at radius 1 is 1.47 bits per heavy atom. The lowest BCUT2D eigenvalue weighted by Gasteiger charge is -2.11. The number of hydrogen-bond acceptors (Lipinski definition) is 5. The van der Waals surface area contributed by atoms with Crippen molar-refractivity contribution in [3.8, 4) is 11.4 Å². The van der Waals surface area contributed by atoms with Gasteiger partial charge >= 0.3 is 5.69 Å². The minimum atomic E-state index is -0.713. The van der Waals surface area contributed by atoms with Gasteiger partial charge in [0.05, 0.1) is 6.10 Å². The number of tetrazole rings is 1. The lowest BCUT2D eigenvalue weighted by atomic mass is 10.3. The number of aryl methyl sites for hydroxylation is 1. The van der Waals surface area contributed by atoms with Crippen LogP contribution in [0.25, 0.3) is 5.69 Å². The van der Waals surface area contributed by atoms with E-state index < -0.39 is 17.6 Å². The molecule has 2 aromatic rings. The number of benzene rings is 1. The third-order valence-electron chi connectivity index (χ3n) is 2.35. The number of hydrogen-bond donors (Lipinski definition) is 1. The molecule has 1 heterocycles. The molecule has 1 atom stereocenters. The maximum Gasteiger partial charge on any atom is 0.368 e. The average Bonchev–Trinajstić information content (AvgIpc) is 2.68. The Labute approximate surface area is 107 Å². The molecule has 102 valence electrons. The van der Waals surface area contributed by atoms with Crippen LogP contribution in [0.5, 0.6) is 5.75 Å². The van der Waals surface area contributed by atoms with Crippen LogP contribution in [-0.4, -0.2) is 37.6 Å². The molecule has 2 rings (SSSR count). The molecule has 19 heavy (non-hydrogen) atoms. The fourth-order valence-electron chi connectivity index (χ4n) is 1.45. The topological polar surface area (TPSA) is 82.2 Å². The third-order valence-corrected chi connectivity index (χ3v) is 2.35. The fraction of sp³-hybridized carbons (Fsp3) is 0.364. The van der Waals surface area contributed by atoms with Crippen LogP contribution in [0.4, 0.5) is 4.39 Å². The number of aliphatic hydroxyl groups is 1. The monoisotopic (exact) mass is 268 g/mol. The average molecular weight is 268 g/mol. The Kier molecular flexibility index (Phi) is 3.61. The van der Waals surface area contributed by atoms with E-state index in [4.69, 9.17) is 4.74 Å². The van der Waals surface area contributed by atoms with Gasteiger partial charge in [-0.25, -0.2) is 9.18 Å². The molecule has 0 bridgehead atoms. The van der Waals surface area contributed by atoms with E-state index in [2.05, 4.69) is 10.4 Å². The quantitative estimate of drug-likeness (QED) is 0.835. The van der Waals surface area contributed by atoms with Crippen molar-refractivity contribution >= 4 is 0 Å². The summed E-state index contributed by atoms with van der Waals surface area (Å²) in [5, 5.41) is 16.4. The van der Waals surface area contributed by atoms with Gasteiger partial charge in [-0.2, -0.15) is 9.36 Å². The molecule has 0 saturated carbocycles. The number of nitrogens with zero attached hydrogens (tertiary/aromatic N) is 4. The summed E-state index contributed by atoms with van der Waals surface area (Å²) in [6.45, 7) is 1.51. The molecule has 8 heteroatoms. The van der Waals surface area contributed by atoms with Crippen molar-refractivity contribution in [1.82, 2.24) is 19.8 Å². The molecule has 1 N–H and O–H groups in total. The largest absolute Gasteiger partial charge is 0.489 e. The lowest BCUT2D eigenvalue weighted by molar-refractivity contribution is 0.122. The highest BCUT2D eigenvalue weighted by molar-refractivity contribution is 5.45. The maximum absolute atomic E-state index is 13.2. The summed E-state index contributed by atoms with van der Waals surface area (Å²) < 4.78 is 20.5. The molecule has 0 radical (unpaired) electrons. The van der Waals surface area contributed by atoms with Crippen LogP contribution in [-0.2, 0) is 7.05 Å². The van der Waals surface area contributed by atoms with E-state index in [1.165, 1.54) is 26.1 Å². The molecule has 1 aromatic carbocycles. The number of aliphatic hydroxyl groups excluding tert-OH is 1. The SMILES string of the molecule is CC(O)COc1cc(F)ccc1-n1nnn(C)c1=O. The van der Waals surface area contributed by atoms with Crippen molar-refractivity contribution in [1.29, 1.82) is 0 Å². The maximum atomic E-state index is 13.2. The van der Waals surface area contributed by atoms with Crippen LogP contribution < -0.4 is 10.4 Å². The van der Waals surface area contributed by atoms with Crippen molar-refractivity contribution in [2.75, 3.05) is 6.61 Å². The van der Waals surface area contributed by atoms with Crippen molar-refractivity contribution in [3.05, 3.63) is 34.5 Å². The molecular formula is C11H13FN4O3. The van der Waals surface area contributed by atoms with E-state index in [0.29, 0.717) is 0 Å². The van der Waals surface area contributed by atoms with Gasteiger partial charge < -0.3 is 9.84 Å². The zero-order chi connectivity index (χ0) is 14.0. The number of halogens is 1. The van der Waals surface area contributed by atoms with Gasteiger partial charge in [-0.05, 0) is 29.5 Å². The van der Waals surface area contributed by atoms with Gasteiger partial charge in [0.25, 0.3) is 0 Å². The van der Waals surface area contributed by atoms with Gasteiger partial charge in [0.1, 0.15) is 23.9 Å². The Bertz CT molecular complexity index is 635. The van der Waals surface area contributed by atoms with Crippen LogP contribution in [0.15, 0.2) is 23.0 Å². The Morgan fingerprint density at radius 3 is 2.79 bits per heavy atom. The highest BCUT2D eigenvalue weighted by atomic mass is 19.1. The van der Waals surface area contributed by atoms with Gasteiger partial charge in [0.15, 0.2) is 0 Å². The molecule has 0 amide bonds. The van der Waals surface area contributed by atoms with E-state index in [1.807, 2.05) is 0 Å². The summed E-state index contributed by atoms with van der Waals surface area (Å²) in [7, 11) is 1.45. The predicted octanol–water partition coefficient (Wildman–Crippen LogP) is -0.135. The van der Waals surface area contributed by atoms with Gasteiger partial charge in [0.2, 0.25) is 0 Å². The van der Waals surface area contributed by atoms with Crippen LogP contribution in [0.1, 0.15) is 6.92 Å². The van der Waals surface area contributed by atoms with E-state index in [-0.39, 0.29) is 18.0 Å². The summed E-state index contributed by atoms with van der Waals surface area (Å²) in [6, 6.07) is 3.67. The molecular weight excluding hydrogens is 255 g/mol. The minimum absolute atomic E-state index is 0.0224. The van der Waals surface area contributed by atoms with E-state index >= 15 is 0 Å². The summed E-state index contributed by atoms with van der Waals surface area (Å²) >= 11 is 0. The summed E-state index contributed by atoms with van der Waals surface area (Å²) in [5.74, 6) is -0.398. The van der Waals surface area contributed by atoms with Gasteiger partial charge in [0, 0.05) is 13.1 Å². The van der Waals surface area contributed by atoms with Gasteiger partial charge in [-0.3, -0.25) is 0 Å². The summed E-state index contributed by atoms with van der Waals surface area (Å²) in [5.41, 5.74) is -0.214. The Balaban J connectivity index is 2.45. The first-order valence-electron chi connectivity index (χ1n) is 5.59. The lowest BCUT2D eigenvalue weighted by Crippen LogP contribution is -2.23. The molecule has 0 aliphatic rings. The van der Waals surface area contributed by atoms with Crippen molar-refractivity contribution in [2.24, 2.45) is 7.05 Å². The summed E-state index contributed by atoms with van der Waals surface area (Å²) in [4.78, 5) is 11.7. The highest BCUT2D eigenvalue weighted by Gasteiger charge is 2.13. The number of rotatable bonds is 4. The van der Waals surface area contributed by atoms with Crippen LogP contribution >= 0.6 is 0 Å². The van der Waals surface area contributed by atoms with Crippen molar-refractivity contribution < 1.29 is 14.2 Å². The normalized spacial score (nSPS) is 12.4. The van der Waals surface area contributed by atoms with E-state index in [1.54, 1.807) is 0 Å². The standard InChI is InChI=1S/C11H13FN4O3/c1-7(17)6-19-10-5-8(12)3-4-9(10)16-11(18)15(2)13-14-16/h3-5,7,17H,6H2,1-2H3. The van der Waals surface area contributed by atoms with Crippen LogP contribution in [0, 0.1) is 5.82 Å². The first kappa shape index (κ1) is 13.2. The van der Waals surface area contributed by atoms with Crippen molar-refractivity contribution in [2.45, 2.75) is 13.0 Å². The van der Waals surface area contributed by atoms with E-state index in [0.717, 1.165) is 15.4 Å². The Morgan fingerprint density at radius 2 is 2.21 bits per heavy atom. The molecule has 1 unspecified atom stereocenters. The zero-order valence-corrected chi connectivity index (χ0v) is 10.4. The second-order valence-electron chi connectivity index (χ2n) is 4.07. The predicted molar refractivity (Wildman–Crippen MR) is 63.7 cm³/mol. The Hall–Kier alpha value is -2.22. The number of aromatic nitrogens is 4. The van der Waals surface area contributed by atoms with Crippen LogP contribution in [0.3, 0.4) is 0 Å². The van der Waals surface area contributed by atoms with E-state index in [9.17, 15) is 14.3 Å². The third kappa shape index (κ3) is 2.79. The second-order valence-corrected chi connectivity index (χ2v) is 4.07. The first-order valence-corrected chi connectivity index (χ1v) is 5.59.